The first-order chi connectivity index (χ1) is 18.7. The molecule has 0 bridgehead atoms. The van der Waals surface area contributed by atoms with Crippen LogP contribution >= 0.6 is 0 Å². The molecule has 1 unspecified atom stereocenters. The smallest absolute Gasteiger partial charge is 0.135 e. The zero-order chi connectivity index (χ0) is 25.5. The van der Waals surface area contributed by atoms with Crippen molar-refractivity contribution < 1.29 is 0 Å². The molecule has 38 heavy (non-hydrogen) atoms. The fourth-order valence-corrected chi connectivity index (χ4v) is 6.78. The summed E-state index contributed by atoms with van der Waals surface area (Å²) in [4.78, 5) is 23.5. The molecule has 1 saturated heterocycles. The van der Waals surface area contributed by atoms with Gasteiger partial charge in [0.2, 0.25) is 0 Å². The molecule has 1 aliphatic carbocycles. The third kappa shape index (κ3) is 3.88. The molecule has 3 aromatic heterocycles. The van der Waals surface area contributed by atoms with E-state index in [4.69, 9.17) is 4.98 Å². The highest BCUT2D eigenvalue weighted by Gasteiger charge is 2.44. The molecule has 1 fully saturated rings. The molecule has 1 spiro atoms. The molecule has 3 aliphatic rings. The van der Waals surface area contributed by atoms with Crippen molar-refractivity contribution in [2.24, 2.45) is 0 Å². The molecular weight excluding hydrogens is 470 g/mol. The Morgan fingerprint density at radius 1 is 0.921 bits per heavy atom. The van der Waals surface area contributed by atoms with Crippen LogP contribution in [0.15, 0.2) is 73.3 Å². The van der Waals surface area contributed by atoms with E-state index in [0.717, 1.165) is 57.1 Å². The molecule has 5 heterocycles. The average molecular weight is 504 g/mol. The van der Waals surface area contributed by atoms with Crippen molar-refractivity contribution in [1.29, 1.82) is 0 Å². The van der Waals surface area contributed by atoms with E-state index in [0.29, 0.717) is 5.92 Å². The van der Waals surface area contributed by atoms with Crippen LogP contribution < -0.4 is 15.1 Å². The minimum Gasteiger partial charge on any atom is -0.384 e. The van der Waals surface area contributed by atoms with Gasteiger partial charge in [-0.1, -0.05) is 31.2 Å². The predicted molar refractivity (Wildman–Crippen MR) is 151 cm³/mol. The van der Waals surface area contributed by atoms with E-state index in [9.17, 15) is 0 Å². The van der Waals surface area contributed by atoms with Gasteiger partial charge >= 0.3 is 0 Å². The minimum atomic E-state index is 0.115. The first-order valence-corrected chi connectivity index (χ1v) is 13.8. The Hall–Kier alpha value is -4.00. The SMILES string of the molecule is CC1CCc2ncnc(N3CCC4(CC3)CNc3cccc(CN(c5ccccn5)c5ccccn5)c34)c21. The number of nitrogens with zero attached hydrogens (tertiary/aromatic N) is 6. The number of benzene rings is 1. The van der Waals surface area contributed by atoms with Crippen LogP contribution in [0, 0.1) is 0 Å². The molecule has 0 radical (unpaired) electrons. The zero-order valence-corrected chi connectivity index (χ0v) is 21.8. The van der Waals surface area contributed by atoms with Crippen molar-refractivity contribution >= 4 is 23.1 Å². The van der Waals surface area contributed by atoms with Gasteiger partial charge in [0.15, 0.2) is 0 Å². The Kier molecular flexibility index (Phi) is 5.72. The second kappa shape index (κ2) is 9.39. The lowest BCUT2D eigenvalue weighted by molar-refractivity contribution is 0.358. The third-order valence-electron chi connectivity index (χ3n) is 8.75. The molecule has 2 aliphatic heterocycles. The number of aryl methyl sites for hydroxylation is 1. The molecule has 1 atom stereocenters. The summed E-state index contributed by atoms with van der Waals surface area (Å²) < 4.78 is 0. The maximum absolute atomic E-state index is 4.79. The first-order valence-electron chi connectivity index (χ1n) is 13.8. The summed E-state index contributed by atoms with van der Waals surface area (Å²) in [6.45, 7) is 6.05. The van der Waals surface area contributed by atoms with Gasteiger partial charge in [-0.15, -0.1) is 0 Å². The summed E-state index contributed by atoms with van der Waals surface area (Å²) in [5, 5.41) is 3.76. The first kappa shape index (κ1) is 23.1. The summed E-state index contributed by atoms with van der Waals surface area (Å²) >= 11 is 0. The Bertz CT molecular complexity index is 1390. The molecular formula is C31H33N7. The van der Waals surface area contributed by atoms with Crippen molar-refractivity contribution in [3.05, 3.63) is 95.7 Å². The highest BCUT2D eigenvalue weighted by atomic mass is 15.2. The van der Waals surface area contributed by atoms with Gasteiger partial charge in [0, 0.05) is 54.4 Å². The van der Waals surface area contributed by atoms with Gasteiger partial charge in [0.25, 0.3) is 0 Å². The van der Waals surface area contributed by atoms with Crippen molar-refractivity contribution in [3.8, 4) is 0 Å². The number of hydrogen-bond acceptors (Lipinski definition) is 7. The van der Waals surface area contributed by atoms with Gasteiger partial charge in [-0.3, -0.25) is 0 Å². The lowest BCUT2D eigenvalue weighted by Gasteiger charge is -2.41. The van der Waals surface area contributed by atoms with Crippen molar-refractivity contribution in [2.75, 3.05) is 34.8 Å². The summed E-state index contributed by atoms with van der Waals surface area (Å²) in [7, 11) is 0. The van der Waals surface area contributed by atoms with Crippen LogP contribution in [0.5, 0.6) is 0 Å². The van der Waals surface area contributed by atoms with Crippen LogP contribution in [-0.4, -0.2) is 39.6 Å². The summed E-state index contributed by atoms with van der Waals surface area (Å²) in [6, 6.07) is 18.8. The normalized spacial score (nSPS) is 19.2. The highest BCUT2D eigenvalue weighted by molar-refractivity contribution is 5.66. The summed E-state index contributed by atoms with van der Waals surface area (Å²) in [6.07, 6.45) is 9.93. The van der Waals surface area contributed by atoms with Crippen LogP contribution in [-0.2, 0) is 18.4 Å². The molecule has 0 saturated carbocycles. The van der Waals surface area contributed by atoms with E-state index >= 15 is 0 Å². The number of nitrogens with one attached hydrogen (secondary N) is 1. The number of pyridine rings is 2. The molecule has 192 valence electrons. The maximum atomic E-state index is 4.79. The average Bonchev–Trinajstić information content (AvgIpc) is 3.54. The van der Waals surface area contributed by atoms with E-state index in [1.54, 1.807) is 6.33 Å². The topological polar surface area (TPSA) is 70.1 Å². The number of piperidine rings is 1. The maximum Gasteiger partial charge on any atom is 0.135 e. The molecule has 1 aromatic carbocycles. The molecule has 7 rings (SSSR count). The Morgan fingerprint density at radius 3 is 2.39 bits per heavy atom. The highest BCUT2D eigenvalue weighted by Crippen LogP contribution is 2.48. The van der Waals surface area contributed by atoms with Crippen LogP contribution in [0.25, 0.3) is 0 Å². The Balaban J connectivity index is 1.20. The molecule has 1 N–H and O–H groups in total. The van der Waals surface area contributed by atoms with Crippen LogP contribution in [0.3, 0.4) is 0 Å². The standard InChI is InChI=1S/C31H33N7/c1-22-11-12-24-28(22)30(36-21-35-24)37-17-13-31(14-18-37)20-34-25-8-6-7-23(29(25)31)19-38(26-9-2-4-15-32-26)27-10-3-5-16-33-27/h2-10,15-16,21-22,34H,11-14,17-20H2,1H3. The van der Waals surface area contributed by atoms with Crippen molar-refractivity contribution in [1.82, 2.24) is 19.9 Å². The van der Waals surface area contributed by atoms with Gasteiger partial charge in [-0.25, -0.2) is 19.9 Å². The second-order valence-corrected chi connectivity index (χ2v) is 10.9. The number of rotatable bonds is 5. The van der Waals surface area contributed by atoms with E-state index in [-0.39, 0.29) is 5.41 Å². The number of anilines is 4. The van der Waals surface area contributed by atoms with Gasteiger partial charge in [-0.2, -0.15) is 0 Å². The second-order valence-electron chi connectivity index (χ2n) is 10.9. The zero-order valence-electron chi connectivity index (χ0n) is 21.8. The lowest BCUT2D eigenvalue weighted by atomic mass is 9.72. The largest absolute Gasteiger partial charge is 0.384 e. The third-order valence-corrected chi connectivity index (χ3v) is 8.75. The number of fused-ring (bicyclic) bond motifs is 3. The monoisotopic (exact) mass is 503 g/mol. The number of hydrogen-bond donors (Lipinski definition) is 1. The number of aromatic nitrogens is 4. The fraction of sp³-hybridized carbons (Fsp3) is 0.355. The van der Waals surface area contributed by atoms with Crippen LogP contribution in [0.4, 0.5) is 23.1 Å². The summed E-state index contributed by atoms with van der Waals surface area (Å²) in [5.74, 6) is 3.53. The molecule has 4 aromatic rings. The van der Waals surface area contributed by atoms with Crippen molar-refractivity contribution in [3.63, 3.8) is 0 Å². The Labute approximate surface area is 224 Å². The molecule has 0 amide bonds. The van der Waals surface area contributed by atoms with Crippen LogP contribution in [0.1, 0.15) is 54.5 Å². The van der Waals surface area contributed by atoms with Crippen molar-refractivity contribution in [2.45, 2.75) is 50.5 Å². The fourth-order valence-electron chi connectivity index (χ4n) is 6.78. The van der Waals surface area contributed by atoms with E-state index in [1.807, 2.05) is 36.7 Å². The van der Waals surface area contributed by atoms with E-state index < -0.39 is 0 Å². The van der Waals surface area contributed by atoms with E-state index in [1.165, 1.54) is 40.3 Å². The predicted octanol–water partition coefficient (Wildman–Crippen LogP) is 5.62. The minimum absolute atomic E-state index is 0.115. The van der Waals surface area contributed by atoms with Gasteiger partial charge in [0.1, 0.15) is 23.8 Å². The summed E-state index contributed by atoms with van der Waals surface area (Å²) in [5.41, 5.74) is 6.84. The molecule has 7 heteroatoms. The quantitative estimate of drug-likeness (QED) is 0.379. The van der Waals surface area contributed by atoms with Crippen LogP contribution in [0.2, 0.25) is 0 Å². The van der Waals surface area contributed by atoms with Gasteiger partial charge in [0.05, 0.1) is 6.54 Å². The molecule has 7 nitrogen and oxygen atoms in total. The lowest BCUT2D eigenvalue weighted by Crippen LogP contribution is -2.45. The Morgan fingerprint density at radius 2 is 1.68 bits per heavy atom. The van der Waals surface area contributed by atoms with Gasteiger partial charge in [-0.05, 0) is 73.1 Å². The van der Waals surface area contributed by atoms with E-state index in [2.05, 4.69) is 67.3 Å². The van der Waals surface area contributed by atoms with Gasteiger partial charge < -0.3 is 15.1 Å².